The van der Waals surface area contributed by atoms with Crippen LogP contribution in [0.25, 0.3) is 0 Å². The van der Waals surface area contributed by atoms with Crippen molar-refractivity contribution < 1.29 is 9.13 Å². The molecule has 0 saturated carbocycles. The highest BCUT2D eigenvalue weighted by Crippen LogP contribution is 2.43. The van der Waals surface area contributed by atoms with Crippen LogP contribution in [0.2, 0.25) is 0 Å². The van der Waals surface area contributed by atoms with E-state index >= 15 is 0 Å². The standard InChI is InChI=1S/C28H34FN5OS/c1-19-17-22(8-9-24(19)29)34-27(26(31-28(34)36)25-7-4-5-10-30-25)23-18-20(2)33(21(23)3)12-6-11-32-13-15-35-16-14-32/h4-5,7-10,17-18,26-27H,6,11-16H2,1-3H3,(H,31,36). The van der Waals surface area contributed by atoms with Crippen LogP contribution < -0.4 is 10.2 Å². The highest BCUT2D eigenvalue weighted by atomic mass is 32.1. The molecule has 1 aromatic carbocycles. The largest absolute Gasteiger partial charge is 0.379 e. The summed E-state index contributed by atoms with van der Waals surface area (Å²) in [5, 5.41) is 4.14. The summed E-state index contributed by atoms with van der Waals surface area (Å²) in [4.78, 5) is 9.27. The summed E-state index contributed by atoms with van der Waals surface area (Å²) >= 11 is 5.85. The van der Waals surface area contributed by atoms with Crippen LogP contribution in [-0.2, 0) is 11.3 Å². The Balaban J connectivity index is 1.48. The molecule has 2 atom stereocenters. The van der Waals surface area contributed by atoms with Crippen LogP contribution in [0.15, 0.2) is 48.7 Å². The monoisotopic (exact) mass is 507 g/mol. The Bertz CT molecular complexity index is 1220. The summed E-state index contributed by atoms with van der Waals surface area (Å²) in [5.41, 5.74) is 6.09. The average molecular weight is 508 g/mol. The normalized spacial score (nSPS) is 20.7. The maximum Gasteiger partial charge on any atom is 0.174 e. The van der Waals surface area contributed by atoms with Crippen LogP contribution in [0.3, 0.4) is 0 Å². The van der Waals surface area contributed by atoms with Crippen molar-refractivity contribution in [3.05, 3.63) is 82.7 Å². The molecule has 0 aliphatic carbocycles. The molecule has 0 spiro atoms. The zero-order valence-corrected chi connectivity index (χ0v) is 22.0. The van der Waals surface area contributed by atoms with E-state index in [9.17, 15) is 4.39 Å². The second-order valence-electron chi connectivity index (χ2n) is 9.72. The first-order valence-electron chi connectivity index (χ1n) is 12.7. The van der Waals surface area contributed by atoms with Crippen molar-refractivity contribution in [3.8, 4) is 0 Å². The van der Waals surface area contributed by atoms with Gasteiger partial charge in [0.25, 0.3) is 0 Å². The number of rotatable bonds is 7. The van der Waals surface area contributed by atoms with Gasteiger partial charge in [-0.25, -0.2) is 4.39 Å². The molecule has 6 nitrogen and oxygen atoms in total. The van der Waals surface area contributed by atoms with Gasteiger partial charge in [0.2, 0.25) is 0 Å². The van der Waals surface area contributed by atoms with Crippen molar-refractivity contribution in [2.75, 3.05) is 37.7 Å². The molecule has 2 unspecified atom stereocenters. The highest BCUT2D eigenvalue weighted by molar-refractivity contribution is 7.80. The molecule has 2 fully saturated rings. The number of halogens is 1. The number of nitrogens with one attached hydrogen (secondary N) is 1. The second kappa shape index (κ2) is 10.7. The Morgan fingerprint density at radius 2 is 1.89 bits per heavy atom. The van der Waals surface area contributed by atoms with E-state index in [-0.39, 0.29) is 17.9 Å². The van der Waals surface area contributed by atoms with E-state index in [1.165, 1.54) is 23.0 Å². The number of morpholine rings is 1. The minimum absolute atomic E-state index is 0.101. The second-order valence-corrected chi connectivity index (χ2v) is 10.1. The number of hydrogen-bond donors (Lipinski definition) is 1. The van der Waals surface area contributed by atoms with Gasteiger partial charge in [0, 0.05) is 49.5 Å². The minimum atomic E-state index is -0.215. The Morgan fingerprint density at radius 3 is 2.61 bits per heavy atom. The molecule has 2 aromatic heterocycles. The number of hydrogen-bond acceptors (Lipinski definition) is 4. The molecule has 0 radical (unpaired) electrons. The number of aryl methyl sites for hydroxylation is 2. The van der Waals surface area contributed by atoms with Crippen molar-refractivity contribution in [2.24, 2.45) is 0 Å². The van der Waals surface area contributed by atoms with Crippen LogP contribution in [0.1, 0.15) is 46.7 Å². The zero-order chi connectivity index (χ0) is 25.2. The molecule has 0 amide bonds. The number of aromatic nitrogens is 2. The lowest BCUT2D eigenvalue weighted by molar-refractivity contribution is 0.0369. The summed E-state index contributed by atoms with van der Waals surface area (Å²) < 4.78 is 22.0. The smallest absolute Gasteiger partial charge is 0.174 e. The summed E-state index contributed by atoms with van der Waals surface area (Å²) in [6, 6.07) is 13.2. The van der Waals surface area contributed by atoms with Gasteiger partial charge in [0.1, 0.15) is 5.82 Å². The van der Waals surface area contributed by atoms with Crippen molar-refractivity contribution >= 4 is 23.0 Å². The average Bonchev–Trinajstić information content (AvgIpc) is 3.37. The first kappa shape index (κ1) is 24.9. The third kappa shape index (κ3) is 4.90. The lowest BCUT2D eigenvalue weighted by Crippen LogP contribution is -2.37. The van der Waals surface area contributed by atoms with E-state index in [0.29, 0.717) is 10.7 Å². The van der Waals surface area contributed by atoms with Crippen LogP contribution in [0, 0.1) is 26.6 Å². The fourth-order valence-corrected chi connectivity index (χ4v) is 5.82. The summed E-state index contributed by atoms with van der Waals surface area (Å²) in [6.07, 6.45) is 2.90. The van der Waals surface area contributed by atoms with Gasteiger partial charge in [-0.2, -0.15) is 0 Å². The predicted molar refractivity (Wildman–Crippen MR) is 145 cm³/mol. The van der Waals surface area contributed by atoms with Gasteiger partial charge in [-0.3, -0.25) is 9.88 Å². The maximum atomic E-state index is 14.1. The summed E-state index contributed by atoms with van der Waals surface area (Å²) in [7, 11) is 0. The van der Waals surface area contributed by atoms with E-state index in [2.05, 4.69) is 44.6 Å². The van der Waals surface area contributed by atoms with Gasteiger partial charge in [0.15, 0.2) is 5.11 Å². The Morgan fingerprint density at radius 1 is 1.08 bits per heavy atom. The first-order chi connectivity index (χ1) is 17.4. The van der Waals surface area contributed by atoms with Gasteiger partial charge in [-0.05, 0) is 86.9 Å². The third-order valence-electron chi connectivity index (χ3n) is 7.41. The van der Waals surface area contributed by atoms with Crippen molar-refractivity contribution in [3.63, 3.8) is 0 Å². The number of thiocarbonyl (C=S) groups is 1. The molecule has 2 aliphatic rings. The Labute approximate surface area is 218 Å². The van der Waals surface area contributed by atoms with Crippen molar-refractivity contribution in [2.45, 2.75) is 45.8 Å². The van der Waals surface area contributed by atoms with Crippen LogP contribution >= 0.6 is 12.2 Å². The Hall–Kier alpha value is -2.81. The molecule has 36 heavy (non-hydrogen) atoms. The molecule has 190 valence electrons. The van der Waals surface area contributed by atoms with Crippen LogP contribution in [-0.4, -0.2) is 52.4 Å². The van der Waals surface area contributed by atoms with Crippen molar-refractivity contribution in [1.82, 2.24) is 19.8 Å². The topological polar surface area (TPSA) is 45.6 Å². The van der Waals surface area contributed by atoms with Gasteiger partial charge in [-0.1, -0.05) is 6.07 Å². The molecular formula is C28H34FN5OS. The molecular weight excluding hydrogens is 473 g/mol. The van der Waals surface area contributed by atoms with Gasteiger partial charge in [-0.15, -0.1) is 0 Å². The summed E-state index contributed by atoms with van der Waals surface area (Å²) in [5.74, 6) is -0.215. The number of benzene rings is 1. The first-order valence-corrected chi connectivity index (χ1v) is 13.1. The molecule has 0 bridgehead atoms. The van der Waals surface area contributed by atoms with Gasteiger partial charge < -0.3 is 19.5 Å². The zero-order valence-electron chi connectivity index (χ0n) is 21.2. The van der Waals surface area contributed by atoms with E-state index in [1.54, 1.807) is 6.92 Å². The lowest BCUT2D eigenvalue weighted by Gasteiger charge is -2.28. The quantitative estimate of drug-likeness (QED) is 0.462. The molecule has 4 heterocycles. The molecule has 1 N–H and O–H groups in total. The van der Waals surface area contributed by atoms with E-state index in [1.807, 2.05) is 36.5 Å². The van der Waals surface area contributed by atoms with Gasteiger partial charge >= 0.3 is 0 Å². The molecule has 2 aliphatic heterocycles. The molecule has 8 heteroatoms. The van der Waals surface area contributed by atoms with Gasteiger partial charge in [0.05, 0.1) is 31.0 Å². The highest BCUT2D eigenvalue weighted by Gasteiger charge is 2.42. The molecule has 2 saturated heterocycles. The Kier molecular flexibility index (Phi) is 7.37. The predicted octanol–water partition coefficient (Wildman–Crippen LogP) is 4.85. The fourth-order valence-electron chi connectivity index (χ4n) is 5.48. The van der Waals surface area contributed by atoms with E-state index in [4.69, 9.17) is 17.0 Å². The minimum Gasteiger partial charge on any atom is -0.379 e. The molecule has 5 rings (SSSR count). The SMILES string of the molecule is Cc1cc(N2C(=S)NC(c3ccccn3)C2c2cc(C)n(CCCN3CCOCC3)c2C)ccc1F. The maximum absolute atomic E-state index is 14.1. The lowest BCUT2D eigenvalue weighted by atomic mass is 9.96. The number of nitrogens with zero attached hydrogens (tertiary/aromatic N) is 4. The third-order valence-corrected chi connectivity index (χ3v) is 7.72. The van der Waals surface area contributed by atoms with Crippen molar-refractivity contribution in [1.29, 1.82) is 0 Å². The van der Waals surface area contributed by atoms with E-state index in [0.717, 1.165) is 57.2 Å². The number of ether oxygens (including phenoxy) is 1. The summed E-state index contributed by atoms with van der Waals surface area (Å²) in [6.45, 7) is 11.9. The molecule has 3 aromatic rings. The number of anilines is 1. The van der Waals surface area contributed by atoms with Crippen LogP contribution in [0.4, 0.5) is 10.1 Å². The van der Waals surface area contributed by atoms with E-state index < -0.39 is 0 Å². The number of pyridine rings is 1. The van der Waals surface area contributed by atoms with Crippen LogP contribution in [0.5, 0.6) is 0 Å². The fraction of sp³-hybridized carbons (Fsp3) is 0.429.